The summed E-state index contributed by atoms with van der Waals surface area (Å²) in [4.78, 5) is 23.7. The van der Waals surface area contributed by atoms with Crippen molar-refractivity contribution in [1.29, 1.82) is 0 Å². The number of carbonyl (C=O) groups excluding carboxylic acids is 1. The van der Waals surface area contributed by atoms with Crippen molar-refractivity contribution in [3.8, 4) is 22.6 Å². The van der Waals surface area contributed by atoms with Crippen LogP contribution in [-0.2, 0) is 0 Å². The number of esters is 1. The number of carboxylic acids is 1. The lowest BCUT2D eigenvalue weighted by Gasteiger charge is -2.12. The van der Waals surface area contributed by atoms with Crippen LogP contribution in [0, 0.1) is 0 Å². The highest BCUT2D eigenvalue weighted by Crippen LogP contribution is 2.35. The number of phenols is 1. The Kier molecular flexibility index (Phi) is 4.48. The van der Waals surface area contributed by atoms with Crippen molar-refractivity contribution in [3.05, 3.63) is 83.9 Å². The number of carbonyl (C=O) groups is 2. The van der Waals surface area contributed by atoms with Crippen LogP contribution in [0.15, 0.2) is 72.8 Å². The van der Waals surface area contributed by atoms with E-state index in [1.807, 2.05) is 0 Å². The van der Waals surface area contributed by atoms with Gasteiger partial charge in [-0.3, -0.25) is 0 Å². The second kappa shape index (κ2) is 6.88. The molecule has 0 spiro atoms. The normalized spacial score (nSPS) is 10.2. The maximum Gasteiger partial charge on any atom is 0.344 e. The van der Waals surface area contributed by atoms with Gasteiger partial charge < -0.3 is 14.9 Å². The molecule has 0 aromatic heterocycles. The lowest BCUT2D eigenvalue weighted by molar-refractivity contribution is 0.0668. The van der Waals surface area contributed by atoms with E-state index in [0.29, 0.717) is 11.1 Å². The number of aromatic carboxylic acids is 1. The number of hydrogen-bond acceptors (Lipinski definition) is 4. The van der Waals surface area contributed by atoms with Crippen molar-refractivity contribution in [2.45, 2.75) is 0 Å². The van der Waals surface area contributed by atoms with E-state index in [-0.39, 0.29) is 22.6 Å². The average molecular weight is 334 g/mol. The monoisotopic (exact) mass is 334 g/mol. The minimum Gasteiger partial charge on any atom is -0.507 e. The number of aromatic hydroxyl groups is 1. The number of ether oxygens (including phenoxy) is 1. The molecule has 0 heterocycles. The van der Waals surface area contributed by atoms with Gasteiger partial charge in [0.1, 0.15) is 11.5 Å². The number of hydrogen-bond donors (Lipinski definition) is 2. The second-order valence-corrected chi connectivity index (χ2v) is 5.25. The maximum atomic E-state index is 12.5. The van der Waals surface area contributed by atoms with Gasteiger partial charge in [-0.2, -0.15) is 0 Å². The Morgan fingerprint density at radius 1 is 0.720 bits per heavy atom. The highest BCUT2D eigenvalue weighted by Gasteiger charge is 2.19. The number of benzene rings is 3. The van der Waals surface area contributed by atoms with E-state index in [2.05, 4.69) is 0 Å². The molecule has 25 heavy (non-hydrogen) atoms. The summed E-state index contributed by atoms with van der Waals surface area (Å²) in [7, 11) is 0. The Balaban J connectivity index is 1.99. The van der Waals surface area contributed by atoms with Crippen LogP contribution < -0.4 is 4.74 Å². The Bertz CT molecular complexity index is 946. The van der Waals surface area contributed by atoms with Crippen LogP contribution in [0.2, 0.25) is 0 Å². The molecule has 0 aliphatic rings. The first kappa shape index (κ1) is 16.3. The molecular formula is C20H14O5. The Morgan fingerprint density at radius 3 is 1.96 bits per heavy atom. The van der Waals surface area contributed by atoms with Crippen LogP contribution in [0.3, 0.4) is 0 Å². The maximum absolute atomic E-state index is 12.5. The lowest BCUT2D eigenvalue weighted by atomic mass is 10.0. The molecule has 0 fully saturated rings. The Labute approximate surface area is 143 Å². The summed E-state index contributed by atoms with van der Waals surface area (Å²) in [6, 6.07) is 19.3. The molecule has 3 aromatic rings. The SMILES string of the molecule is O=C(O)c1ccccc1C(=O)Oc1ccccc1-c1ccccc1O. The lowest BCUT2D eigenvalue weighted by Crippen LogP contribution is -2.14. The zero-order valence-electron chi connectivity index (χ0n) is 13.0. The third kappa shape index (κ3) is 3.35. The molecule has 0 saturated carbocycles. The topological polar surface area (TPSA) is 83.8 Å². The van der Waals surface area contributed by atoms with Crippen LogP contribution in [0.25, 0.3) is 11.1 Å². The third-order valence-corrected chi connectivity index (χ3v) is 3.66. The Hall–Kier alpha value is -3.60. The van der Waals surface area contributed by atoms with Gasteiger partial charge >= 0.3 is 11.9 Å². The summed E-state index contributed by atoms with van der Waals surface area (Å²) in [5.74, 6) is -1.70. The summed E-state index contributed by atoms with van der Waals surface area (Å²) in [5.41, 5.74) is 0.869. The number of phenolic OH excluding ortho intramolecular Hbond substituents is 1. The van der Waals surface area contributed by atoms with Gasteiger partial charge in [0.25, 0.3) is 0 Å². The molecule has 0 saturated heterocycles. The average Bonchev–Trinajstić information content (AvgIpc) is 2.63. The van der Waals surface area contributed by atoms with Crippen LogP contribution >= 0.6 is 0 Å². The fourth-order valence-electron chi connectivity index (χ4n) is 2.48. The first-order valence-corrected chi connectivity index (χ1v) is 7.50. The zero-order valence-corrected chi connectivity index (χ0v) is 13.0. The molecule has 124 valence electrons. The fourth-order valence-corrected chi connectivity index (χ4v) is 2.48. The smallest absolute Gasteiger partial charge is 0.344 e. The summed E-state index contributed by atoms with van der Waals surface area (Å²) < 4.78 is 5.42. The Morgan fingerprint density at radius 2 is 1.28 bits per heavy atom. The van der Waals surface area contributed by atoms with Crippen molar-refractivity contribution >= 4 is 11.9 Å². The molecule has 5 heteroatoms. The highest BCUT2D eigenvalue weighted by atomic mass is 16.5. The van der Waals surface area contributed by atoms with E-state index in [9.17, 15) is 19.8 Å². The number of carboxylic acid groups (broad SMARTS) is 1. The highest BCUT2D eigenvalue weighted by molar-refractivity contribution is 6.03. The number of para-hydroxylation sites is 2. The molecule has 0 aliphatic carbocycles. The minimum atomic E-state index is -1.21. The molecule has 0 aliphatic heterocycles. The molecule has 0 bridgehead atoms. The quantitative estimate of drug-likeness (QED) is 0.557. The first-order valence-electron chi connectivity index (χ1n) is 7.50. The summed E-state index contributed by atoms with van der Waals surface area (Å²) >= 11 is 0. The van der Waals surface area contributed by atoms with Crippen LogP contribution in [-0.4, -0.2) is 22.2 Å². The third-order valence-electron chi connectivity index (χ3n) is 3.66. The van der Waals surface area contributed by atoms with Crippen molar-refractivity contribution in [3.63, 3.8) is 0 Å². The summed E-state index contributed by atoms with van der Waals surface area (Å²) in [6.07, 6.45) is 0. The van der Waals surface area contributed by atoms with E-state index in [1.165, 1.54) is 24.3 Å². The summed E-state index contributed by atoms with van der Waals surface area (Å²) in [5, 5.41) is 19.2. The van der Waals surface area contributed by atoms with Gasteiger partial charge in [-0.05, 0) is 24.3 Å². The second-order valence-electron chi connectivity index (χ2n) is 5.25. The van der Waals surface area contributed by atoms with Gasteiger partial charge in [0.2, 0.25) is 0 Å². The van der Waals surface area contributed by atoms with E-state index < -0.39 is 11.9 Å². The van der Waals surface area contributed by atoms with Crippen LogP contribution in [0.1, 0.15) is 20.7 Å². The van der Waals surface area contributed by atoms with Crippen LogP contribution in [0.4, 0.5) is 0 Å². The molecule has 3 aromatic carbocycles. The van der Waals surface area contributed by atoms with Gasteiger partial charge in [0.15, 0.2) is 0 Å². The largest absolute Gasteiger partial charge is 0.507 e. The van der Waals surface area contributed by atoms with Gasteiger partial charge in [0.05, 0.1) is 11.1 Å². The van der Waals surface area contributed by atoms with Crippen molar-refractivity contribution in [2.75, 3.05) is 0 Å². The van der Waals surface area contributed by atoms with Gasteiger partial charge in [-0.1, -0.05) is 48.5 Å². The van der Waals surface area contributed by atoms with Crippen molar-refractivity contribution in [2.24, 2.45) is 0 Å². The fraction of sp³-hybridized carbons (Fsp3) is 0. The van der Waals surface area contributed by atoms with Crippen molar-refractivity contribution in [1.82, 2.24) is 0 Å². The van der Waals surface area contributed by atoms with E-state index in [0.717, 1.165) is 0 Å². The zero-order chi connectivity index (χ0) is 17.8. The molecule has 0 unspecified atom stereocenters. The minimum absolute atomic E-state index is 0.0397. The van der Waals surface area contributed by atoms with E-state index >= 15 is 0 Å². The van der Waals surface area contributed by atoms with Gasteiger partial charge in [-0.25, -0.2) is 9.59 Å². The first-order chi connectivity index (χ1) is 12.1. The van der Waals surface area contributed by atoms with E-state index in [4.69, 9.17) is 4.74 Å². The predicted molar refractivity (Wildman–Crippen MR) is 91.9 cm³/mol. The molecule has 0 atom stereocenters. The molecule has 0 radical (unpaired) electrons. The summed E-state index contributed by atoms with van der Waals surface area (Å²) in [6.45, 7) is 0. The van der Waals surface area contributed by atoms with E-state index in [1.54, 1.807) is 48.5 Å². The molecule has 2 N–H and O–H groups in total. The van der Waals surface area contributed by atoms with Gasteiger partial charge in [-0.15, -0.1) is 0 Å². The molecule has 0 amide bonds. The van der Waals surface area contributed by atoms with Crippen molar-refractivity contribution < 1.29 is 24.5 Å². The molecule has 3 rings (SSSR count). The van der Waals surface area contributed by atoms with Crippen LogP contribution in [0.5, 0.6) is 11.5 Å². The molecular weight excluding hydrogens is 320 g/mol. The predicted octanol–water partition coefficient (Wildman–Crippen LogP) is 3.98. The van der Waals surface area contributed by atoms with Gasteiger partial charge in [0, 0.05) is 11.1 Å². The molecule has 5 nitrogen and oxygen atoms in total. The number of rotatable bonds is 4. The standard InChI is InChI=1S/C20H14O5/c21-17-11-5-3-7-13(17)14-8-4-6-12-18(14)25-20(24)16-10-2-1-9-15(16)19(22)23/h1-12,21H,(H,22,23).